The number of nitrogens with one attached hydrogen (secondary N) is 1. The molecule has 0 aliphatic carbocycles. The number of amides is 3. The minimum atomic E-state index is -1.22. The van der Waals surface area contributed by atoms with Crippen molar-refractivity contribution in [1.29, 1.82) is 0 Å². The van der Waals surface area contributed by atoms with Crippen LogP contribution in [0, 0.1) is 20.8 Å². The van der Waals surface area contributed by atoms with E-state index in [1.54, 1.807) is 4.90 Å². The Hall–Kier alpha value is -3.58. The number of hydrogen-bond acceptors (Lipinski definition) is 4. The third kappa shape index (κ3) is 3.47. The van der Waals surface area contributed by atoms with E-state index in [0.29, 0.717) is 17.1 Å². The van der Waals surface area contributed by atoms with Gasteiger partial charge in [0.15, 0.2) is 0 Å². The Morgan fingerprint density at radius 1 is 0.971 bits per heavy atom. The highest BCUT2D eigenvalue weighted by Crippen LogP contribution is 2.55. The summed E-state index contributed by atoms with van der Waals surface area (Å²) in [5, 5.41) is 2.89. The van der Waals surface area contributed by atoms with Crippen molar-refractivity contribution >= 4 is 46.5 Å². The van der Waals surface area contributed by atoms with E-state index in [1.807, 2.05) is 87.5 Å². The molecule has 2 aliphatic rings. The number of aryl methyl sites for hydroxylation is 3. The van der Waals surface area contributed by atoms with Crippen LogP contribution < -0.4 is 15.1 Å². The summed E-state index contributed by atoms with van der Waals surface area (Å²) >= 11 is 1.31. The van der Waals surface area contributed by atoms with Gasteiger partial charge < -0.3 is 5.32 Å². The SMILES string of the molecule is Cc1cccc(NC(=O)CN2C(=O)[C@@]3(SCC(=O)N3c3ccc(C)c(C)c3)c3ccccc32)c1. The van der Waals surface area contributed by atoms with Crippen molar-refractivity contribution < 1.29 is 14.4 Å². The minimum absolute atomic E-state index is 0.123. The van der Waals surface area contributed by atoms with Crippen LogP contribution in [-0.2, 0) is 19.3 Å². The number of thioether (sulfide) groups is 1. The van der Waals surface area contributed by atoms with Gasteiger partial charge in [0.05, 0.1) is 11.4 Å². The average Bonchev–Trinajstić information content (AvgIpc) is 3.27. The second-order valence-electron chi connectivity index (χ2n) is 8.76. The zero-order valence-electron chi connectivity index (χ0n) is 19.3. The Balaban J connectivity index is 1.53. The third-order valence-electron chi connectivity index (χ3n) is 6.42. The fourth-order valence-corrected chi connectivity index (χ4v) is 6.00. The molecule has 2 heterocycles. The van der Waals surface area contributed by atoms with Gasteiger partial charge in [-0.2, -0.15) is 0 Å². The maximum absolute atomic E-state index is 14.0. The fourth-order valence-electron chi connectivity index (χ4n) is 4.64. The van der Waals surface area contributed by atoms with Gasteiger partial charge in [-0.15, -0.1) is 11.8 Å². The molecule has 3 amide bonds. The molecule has 0 radical (unpaired) electrons. The highest BCUT2D eigenvalue weighted by Gasteiger charge is 2.61. The van der Waals surface area contributed by atoms with Gasteiger partial charge in [0.1, 0.15) is 6.54 Å². The van der Waals surface area contributed by atoms with Crippen LogP contribution in [0.4, 0.5) is 17.1 Å². The number of carbonyl (C=O) groups is 3. The first-order chi connectivity index (χ1) is 16.3. The summed E-state index contributed by atoms with van der Waals surface area (Å²) in [6.07, 6.45) is 0. The second-order valence-corrected chi connectivity index (χ2v) is 9.92. The van der Waals surface area contributed by atoms with Gasteiger partial charge in [-0.1, -0.05) is 36.4 Å². The van der Waals surface area contributed by atoms with Gasteiger partial charge in [-0.3, -0.25) is 24.2 Å². The van der Waals surface area contributed by atoms with Crippen LogP contribution in [0.1, 0.15) is 22.3 Å². The highest BCUT2D eigenvalue weighted by atomic mass is 32.2. The first kappa shape index (κ1) is 22.2. The van der Waals surface area contributed by atoms with E-state index in [1.165, 1.54) is 16.7 Å². The maximum atomic E-state index is 14.0. The van der Waals surface area contributed by atoms with E-state index < -0.39 is 4.87 Å². The number of fused-ring (bicyclic) bond motifs is 2. The van der Waals surface area contributed by atoms with Crippen LogP contribution in [0.25, 0.3) is 0 Å². The van der Waals surface area contributed by atoms with Crippen LogP contribution in [0.5, 0.6) is 0 Å². The molecule has 1 fully saturated rings. The quantitative estimate of drug-likeness (QED) is 0.607. The molecule has 0 bridgehead atoms. The minimum Gasteiger partial charge on any atom is -0.325 e. The molecule has 1 atom stereocenters. The number of rotatable bonds is 4. The lowest BCUT2D eigenvalue weighted by atomic mass is 10.0. The highest BCUT2D eigenvalue weighted by molar-refractivity contribution is 8.02. The van der Waals surface area contributed by atoms with E-state index >= 15 is 0 Å². The molecule has 1 N–H and O–H groups in total. The predicted octanol–water partition coefficient (Wildman–Crippen LogP) is 4.53. The lowest BCUT2D eigenvalue weighted by molar-refractivity contribution is -0.124. The number of carbonyl (C=O) groups excluding carboxylic acids is 3. The van der Waals surface area contributed by atoms with Gasteiger partial charge in [0.2, 0.25) is 16.7 Å². The van der Waals surface area contributed by atoms with Gasteiger partial charge in [0.25, 0.3) is 5.91 Å². The molecular weight excluding hydrogens is 446 g/mol. The normalized spacial score (nSPS) is 19.1. The molecule has 5 rings (SSSR count). The molecule has 3 aromatic carbocycles. The summed E-state index contributed by atoms with van der Waals surface area (Å²) < 4.78 is 0. The van der Waals surface area contributed by atoms with Crippen molar-refractivity contribution in [3.8, 4) is 0 Å². The molecular formula is C27H25N3O3S. The lowest BCUT2D eigenvalue weighted by Gasteiger charge is -2.33. The van der Waals surface area contributed by atoms with Crippen LogP contribution in [-0.4, -0.2) is 30.0 Å². The molecule has 0 saturated carbocycles. The first-order valence-corrected chi connectivity index (χ1v) is 12.1. The Morgan fingerprint density at radius 3 is 2.53 bits per heavy atom. The summed E-state index contributed by atoms with van der Waals surface area (Å²) in [4.78, 5) is 42.0. The van der Waals surface area contributed by atoms with Crippen LogP contribution in [0.15, 0.2) is 66.7 Å². The summed E-state index contributed by atoms with van der Waals surface area (Å²) in [7, 11) is 0. The van der Waals surface area contributed by atoms with Gasteiger partial charge in [-0.25, -0.2) is 0 Å². The molecule has 172 valence electrons. The standard InChI is InChI=1S/C27H25N3O3S/c1-17-7-6-8-20(13-17)28-24(31)15-29-23-10-5-4-9-22(23)27(26(29)33)30(25(32)16-34-27)21-12-11-18(2)19(3)14-21/h4-14H,15-16H2,1-3H3,(H,28,31)/t27-/m0/s1. The van der Waals surface area contributed by atoms with E-state index in [0.717, 1.165) is 22.3 Å². The number of para-hydroxylation sites is 1. The van der Waals surface area contributed by atoms with E-state index in [2.05, 4.69) is 5.32 Å². The molecule has 1 saturated heterocycles. The molecule has 2 aliphatic heterocycles. The summed E-state index contributed by atoms with van der Waals surface area (Å²) in [5.41, 5.74) is 5.95. The third-order valence-corrected chi connectivity index (χ3v) is 7.80. The largest absolute Gasteiger partial charge is 0.325 e. The fraction of sp³-hybridized carbons (Fsp3) is 0.222. The summed E-state index contributed by atoms with van der Waals surface area (Å²) in [5.74, 6) is -0.501. The molecule has 34 heavy (non-hydrogen) atoms. The van der Waals surface area contributed by atoms with Crippen LogP contribution >= 0.6 is 11.8 Å². The molecule has 0 aromatic heterocycles. The van der Waals surface area contributed by atoms with E-state index in [-0.39, 0.29) is 30.0 Å². The Morgan fingerprint density at radius 2 is 1.76 bits per heavy atom. The Kier molecular flexibility index (Phi) is 5.44. The van der Waals surface area contributed by atoms with Crippen molar-refractivity contribution in [3.05, 3.63) is 89.0 Å². The van der Waals surface area contributed by atoms with Crippen molar-refractivity contribution in [1.82, 2.24) is 0 Å². The monoisotopic (exact) mass is 471 g/mol. The number of benzene rings is 3. The summed E-state index contributed by atoms with van der Waals surface area (Å²) in [6.45, 7) is 5.82. The predicted molar refractivity (Wildman–Crippen MR) is 136 cm³/mol. The molecule has 7 heteroatoms. The van der Waals surface area contributed by atoms with Gasteiger partial charge in [0, 0.05) is 16.9 Å². The van der Waals surface area contributed by atoms with E-state index in [4.69, 9.17) is 0 Å². The molecule has 6 nitrogen and oxygen atoms in total. The molecule has 0 unspecified atom stereocenters. The molecule has 1 spiro atoms. The average molecular weight is 472 g/mol. The van der Waals surface area contributed by atoms with Crippen LogP contribution in [0.2, 0.25) is 0 Å². The topological polar surface area (TPSA) is 69.7 Å². The van der Waals surface area contributed by atoms with Crippen molar-refractivity contribution in [2.75, 3.05) is 27.4 Å². The number of hydrogen-bond donors (Lipinski definition) is 1. The van der Waals surface area contributed by atoms with Crippen molar-refractivity contribution in [3.63, 3.8) is 0 Å². The lowest BCUT2D eigenvalue weighted by Crippen LogP contribution is -2.50. The zero-order valence-corrected chi connectivity index (χ0v) is 20.1. The number of nitrogens with zero attached hydrogens (tertiary/aromatic N) is 2. The maximum Gasteiger partial charge on any atom is 0.269 e. The Bertz CT molecular complexity index is 1340. The van der Waals surface area contributed by atoms with Gasteiger partial charge >= 0.3 is 0 Å². The number of anilines is 3. The summed E-state index contributed by atoms with van der Waals surface area (Å²) in [6, 6.07) is 20.8. The molecule has 3 aromatic rings. The van der Waals surface area contributed by atoms with Crippen molar-refractivity contribution in [2.45, 2.75) is 25.6 Å². The van der Waals surface area contributed by atoms with Crippen LogP contribution in [0.3, 0.4) is 0 Å². The zero-order chi connectivity index (χ0) is 24.0. The van der Waals surface area contributed by atoms with Gasteiger partial charge in [-0.05, 0) is 67.8 Å². The smallest absolute Gasteiger partial charge is 0.269 e. The van der Waals surface area contributed by atoms with Crippen molar-refractivity contribution in [2.24, 2.45) is 0 Å². The Labute approximate surface area is 202 Å². The first-order valence-electron chi connectivity index (χ1n) is 11.1. The van der Waals surface area contributed by atoms with E-state index in [9.17, 15) is 14.4 Å². The second kappa shape index (κ2) is 8.33.